The van der Waals surface area contributed by atoms with Gasteiger partial charge in [-0.1, -0.05) is 25.4 Å². The van der Waals surface area contributed by atoms with Crippen LogP contribution in [0.25, 0.3) is 0 Å². The van der Waals surface area contributed by atoms with E-state index in [1.807, 2.05) is 19.9 Å². The lowest BCUT2D eigenvalue weighted by Gasteiger charge is -2.20. The molecule has 0 saturated heterocycles. The van der Waals surface area contributed by atoms with Crippen molar-refractivity contribution in [3.8, 4) is 6.07 Å². The van der Waals surface area contributed by atoms with Gasteiger partial charge in [0.2, 0.25) is 10.0 Å². The number of nitrogens with one attached hydrogen (secondary N) is 1. The van der Waals surface area contributed by atoms with E-state index in [-0.39, 0.29) is 34.0 Å². The average Bonchev–Trinajstić information content (AvgIpc) is 2.35. The Morgan fingerprint density at radius 1 is 1.47 bits per heavy atom. The molecule has 0 heterocycles. The van der Waals surface area contributed by atoms with Gasteiger partial charge in [0, 0.05) is 12.6 Å². The van der Waals surface area contributed by atoms with Gasteiger partial charge < -0.3 is 5.73 Å². The highest BCUT2D eigenvalue weighted by atomic mass is 35.5. The number of sulfonamides is 1. The number of rotatable bonds is 5. The summed E-state index contributed by atoms with van der Waals surface area (Å²) >= 11 is 5.83. The smallest absolute Gasteiger partial charge is 0.240 e. The van der Waals surface area contributed by atoms with Crippen LogP contribution in [0.2, 0.25) is 5.02 Å². The summed E-state index contributed by atoms with van der Waals surface area (Å²) in [7, 11) is -3.69. The molecule has 104 valence electrons. The van der Waals surface area contributed by atoms with Gasteiger partial charge in [0.25, 0.3) is 0 Å². The SMILES string of the molecule is CC(C)C(CN)NS(=O)(=O)c1ccc(C#N)c(Cl)c1. The van der Waals surface area contributed by atoms with E-state index in [0.29, 0.717) is 0 Å². The Morgan fingerprint density at radius 2 is 2.11 bits per heavy atom. The minimum atomic E-state index is -3.69. The quantitative estimate of drug-likeness (QED) is 0.861. The first-order chi connectivity index (χ1) is 8.81. The minimum Gasteiger partial charge on any atom is -0.329 e. The lowest BCUT2D eigenvalue weighted by Crippen LogP contribution is -2.43. The third kappa shape index (κ3) is 3.91. The number of halogens is 1. The molecule has 1 aromatic rings. The van der Waals surface area contributed by atoms with E-state index >= 15 is 0 Å². The average molecular weight is 302 g/mol. The van der Waals surface area contributed by atoms with Crippen molar-refractivity contribution in [1.29, 1.82) is 5.26 Å². The highest BCUT2D eigenvalue weighted by Crippen LogP contribution is 2.20. The molecule has 7 heteroatoms. The van der Waals surface area contributed by atoms with E-state index in [1.165, 1.54) is 18.2 Å². The van der Waals surface area contributed by atoms with Crippen LogP contribution < -0.4 is 10.5 Å². The minimum absolute atomic E-state index is 0.0237. The zero-order valence-electron chi connectivity index (χ0n) is 10.7. The van der Waals surface area contributed by atoms with Crippen LogP contribution in [-0.2, 0) is 10.0 Å². The fourth-order valence-electron chi connectivity index (χ4n) is 1.48. The first-order valence-corrected chi connectivity index (χ1v) is 7.60. The molecular formula is C12H16ClN3O2S. The van der Waals surface area contributed by atoms with E-state index in [2.05, 4.69) is 4.72 Å². The van der Waals surface area contributed by atoms with Crippen LogP contribution in [0, 0.1) is 17.2 Å². The molecule has 1 aromatic carbocycles. The zero-order valence-corrected chi connectivity index (χ0v) is 12.3. The molecule has 0 spiro atoms. The molecule has 0 aliphatic heterocycles. The van der Waals surface area contributed by atoms with E-state index in [1.54, 1.807) is 0 Å². The second-order valence-electron chi connectivity index (χ2n) is 4.46. The normalized spacial score (nSPS) is 13.3. The van der Waals surface area contributed by atoms with E-state index < -0.39 is 10.0 Å². The molecule has 1 unspecified atom stereocenters. The summed E-state index contributed by atoms with van der Waals surface area (Å²) in [6, 6.07) is 5.52. The van der Waals surface area contributed by atoms with Gasteiger partial charge in [0.15, 0.2) is 0 Å². The monoisotopic (exact) mass is 301 g/mol. The molecule has 0 bridgehead atoms. The van der Waals surface area contributed by atoms with Crippen LogP contribution in [0.3, 0.4) is 0 Å². The Morgan fingerprint density at radius 3 is 2.53 bits per heavy atom. The summed E-state index contributed by atoms with van der Waals surface area (Å²) in [5.41, 5.74) is 5.77. The summed E-state index contributed by atoms with van der Waals surface area (Å²) in [5.74, 6) is 0.0774. The second-order valence-corrected chi connectivity index (χ2v) is 6.58. The summed E-state index contributed by atoms with van der Waals surface area (Å²) in [6.07, 6.45) is 0. The Bertz CT molecular complexity index is 593. The molecule has 3 N–H and O–H groups in total. The van der Waals surface area contributed by atoms with Gasteiger partial charge in [-0.2, -0.15) is 5.26 Å². The molecule has 0 fully saturated rings. The predicted molar refractivity (Wildman–Crippen MR) is 74.2 cm³/mol. The van der Waals surface area contributed by atoms with E-state index in [9.17, 15) is 8.42 Å². The standard InChI is InChI=1S/C12H16ClN3O2S/c1-8(2)12(7-15)16-19(17,18)10-4-3-9(6-14)11(13)5-10/h3-5,8,12,16H,7,15H2,1-2H3. The van der Waals surface area contributed by atoms with Crippen LogP contribution in [0.4, 0.5) is 0 Å². The molecule has 19 heavy (non-hydrogen) atoms. The fraction of sp³-hybridized carbons (Fsp3) is 0.417. The van der Waals surface area contributed by atoms with Crippen LogP contribution in [-0.4, -0.2) is 21.0 Å². The molecule has 1 atom stereocenters. The van der Waals surface area contributed by atoms with E-state index in [4.69, 9.17) is 22.6 Å². The van der Waals surface area contributed by atoms with Gasteiger partial charge >= 0.3 is 0 Å². The van der Waals surface area contributed by atoms with Crippen molar-refractivity contribution in [2.24, 2.45) is 11.7 Å². The first kappa shape index (κ1) is 15.9. The molecule has 0 aliphatic carbocycles. The molecule has 1 rings (SSSR count). The molecular weight excluding hydrogens is 286 g/mol. The first-order valence-electron chi connectivity index (χ1n) is 5.74. The van der Waals surface area contributed by atoms with Gasteiger partial charge in [0.1, 0.15) is 6.07 Å². The number of nitriles is 1. The lowest BCUT2D eigenvalue weighted by molar-refractivity contribution is 0.455. The Balaban J connectivity index is 3.08. The van der Waals surface area contributed by atoms with Crippen LogP contribution in [0.1, 0.15) is 19.4 Å². The lowest BCUT2D eigenvalue weighted by atomic mass is 10.1. The third-order valence-electron chi connectivity index (χ3n) is 2.74. The number of hydrogen-bond donors (Lipinski definition) is 2. The molecule has 0 aromatic heterocycles. The highest BCUT2D eigenvalue weighted by Gasteiger charge is 2.22. The molecule has 0 radical (unpaired) electrons. The van der Waals surface area contributed by atoms with Crippen LogP contribution in [0.15, 0.2) is 23.1 Å². The summed E-state index contributed by atoms with van der Waals surface area (Å²) < 4.78 is 26.8. The zero-order chi connectivity index (χ0) is 14.6. The molecule has 5 nitrogen and oxygen atoms in total. The van der Waals surface area contributed by atoms with Gasteiger partial charge in [-0.25, -0.2) is 13.1 Å². The van der Waals surface area contributed by atoms with Crippen molar-refractivity contribution in [2.45, 2.75) is 24.8 Å². The van der Waals surface area contributed by atoms with Crippen LogP contribution >= 0.6 is 11.6 Å². The maximum Gasteiger partial charge on any atom is 0.240 e. The van der Waals surface area contributed by atoms with Crippen LogP contribution in [0.5, 0.6) is 0 Å². The summed E-state index contributed by atoms with van der Waals surface area (Å²) in [4.78, 5) is 0.0237. The summed E-state index contributed by atoms with van der Waals surface area (Å²) in [5, 5.41) is 8.86. The molecule has 0 aliphatic rings. The third-order valence-corrected chi connectivity index (χ3v) is 4.54. The number of nitrogens with zero attached hydrogens (tertiary/aromatic N) is 1. The Labute approximate surface area is 118 Å². The Hall–Kier alpha value is -1.13. The number of nitrogens with two attached hydrogens (primary N) is 1. The highest BCUT2D eigenvalue weighted by molar-refractivity contribution is 7.89. The van der Waals surface area contributed by atoms with Gasteiger partial charge in [-0.3, -0.25) is 0 Å². The van der Waals surface area contributed by atoms with E-state index in [0.717, 1.165) is 0 Å². The molecule has 0 amide bonds. The van der Waals surface area contributed by atoms with Crippen molar-refractivity contribution < 1.29 is 8.42 Å². The maximum atomic E-state index is 12.1. The Kier molecular flexibility index (Phi) is 5.32. The van der Waals surface area contributed by atoms with Crippen molar-refractivity contribution in [3.63, 3.8) is 0 Å². The van der Waals surface area contributed by atoms with Crippen molar-refractivity contribution in [2.75, 3.05) is 6.54 Å². The predicted octanol–water partition coefficient (Wildman–Crippen LogP) is 1.47. The number of hydrogen-bond acceptors (Lipinski definition) is 4. The molecule has 0 saturated carbocycles. The van der Waals surface area contributed by atoms with Crippen molar-refractivity contribution in [1.82, 2.24) is 4.72 Å². The van der Waals surface area contributed by atoms with Crippen molar-refractivity contribution >= 4 is 21.6 Å². The largest absolute Gasteiger partial charge is 0.329 e. The second kappa shape index (κ2) is 6.35. The fourth-order valence-corrected chi connectivity index (χ4v) is 3.19. The van der Waals surface area contributed by atoms with Crippen molar-refractivity contribution in [3.05, 3.63) is 28.8 Å². The summed E-state index contributed by atoms with van der Waals surface area (Å²) in [6.45, 7) is 3.97. The van der Waals surface area contributed by atoms with Gasteiger partial charge in [-0.05, 0) is 24.1 Å². The maximum absolute atomic E-state index is 12.1. The van der Waals surface area contributed by atoms with Gasteiger partial charge in [-0.15, -0.1) is 0 Å². The topological polar surface area (TPSA) is 96.0 Å². The number of benzene rings is 1. The van der Waals surface area contributed by atoms with Gasteiger partial charge in [0.05, 0.1) is 15.5 Å².